The van der Waals surface area contributed by atoms with Gasteiger partial charge in [0.05, 0.1) is 12.1 Å². The summed E-state index contributed by atoms with van der Waals surface area (Å²) in [7, 11) is 2.82. The summed E-state index contributed by atoms with van der Waals surface area (Å²) in [5.74, 6) is -1.12. The molecule has 0 aliphatic carbocycles. The molecule has 0 rings (SSSR count). The topological polar surface area (TPSA) is 96.9 Å². The van der Waals surface area contributed by atoms with Crippen molar-refractivity contribution in [1.82, 2.24) is 10.6 Å². The number of urea groups is 1. The standard InChI is InChI=1S/C10H20N2O5/c1-10(2,17-4)6-12-9(15)11-5-7(16-3)8(13)14/h7H,5-6H2,1-4H3,(H,13,14)(H2,11,12,15). The van der Waals surface area contributed by atoms with Gasteiger partial charge in [-0.1, -0.05) is 0 Å². The van der Waals surface area contributed by atoms with Gasteiger partial charge in [-0.2, -0.15) is 0 Å². The van der Waals surface area contributed by atoms with Gasteiger partial charge in [-0.15, -0.1) is 0 Å². The molecule has 7 heteroatoms. The summed E-state index contributed by atoms with van der Waals surface area (Å²) in [6, 6.07) is -0.460. The predicted molar refractivity (Wildman–Crippen MR) is 60.9 cm³/mol. The molecule has 0 aromatic heterocycles. The Kier molecular flexibility index (Phi) is 6.52. The van der Waals surface area contributed by atoms with Gasteiger partial charge in [0, 0.05) is 20.8 Å². The molecule has 1 unspecified atom stereocenters. The van der Waals surface area contributed by atoms with Gasteiger partial charge in [0.1, 0.15) is 0 Å². The van der Waals surface area contributed by atoms with Crippen LogP contribution < -0.4 is 10.6 Å². The summed E-state index contributed by atoms with van der Waals surface area (Å²) in [5.41, 5.74) is -0.467. The maximum Gasteiger partial charge on any atom is 0.334 e. The smallest absolute Gasteiger partial charge is 0.334 e. The maximum atomic E-state index is 11.3. The second-order valence-electron chi connectivity index (χ2n) is 4.09. The van der Waals surface area contributed by atoms with Crippen LogP contribution in [0, 0.1) is 0 Å². The molecule has 3 N–H and O–H groups in total. The number of carbonyl (C=O) groups is 2. The Morgan fingerprint density at radius 2 is 1.88 bits per heavy atom. The van der Waals surface area contributed by atoms with E-state index >= 15 is 0 Å². The fourth-order valence-electron chi connectivity index (χ4n) is 0.885. The van der Waals surface area contributed by atoms with E-state index in [4.69, 9.17) is 9.84 Å². The average Bonchev–Trinajstić information content (AvgIpc) is 2.27. The molecule has 0 aromatic rings. The van der Waals surface area contributed by atoms with Gasteiger partial charge in [-0.25, -0.2) is 9.59 Å². The fourth-order valence-corrected chi connectivity index (χ4v) is 0.885. The lowest BCUT2D eigenvalue weighted by Crippen LogP contribution is -2.47. The molecular weight excluding hydrogens is 228 g/mol. The molecule has 0 heterocycles. The Morgan fingerprint density at radius 1 is 1.29 bits per heavy atom. The molecule has 0 aliphatic rings. The highest BCUT2D eigenvalue weighted by Crippen LogP contribution is 2.04. The van der Waals surface area contributed by atoms with Gasteiger partial charge in [-0.3, -0.25) is 0 Å². The molecular formula is C10H20N2O5. The van der Waals surface area contributed by atoms with Crippen molar-refractivity contribution in [2.45, 2.75) is 25.6 Å². The first kappa shape index (κ1) is 15.7. The zero-order valence-electron chi connectivity index (χ0n) is 10.6. The molecule has 0 fully saturated rings. The first-order valence-corrected chi connectivity index (χ1v) is 5.15. The minimum absolute atomic E-state index is 0.0922. The van der Waals surface area contributed by atoms with E-state index < -0.39 is 23.7 Å². The van der Waals surface area contributed by atoms with Crippen molar-refractivity contribution in [3.8, 4) is 0 Å². The van der Waals surface area contributed by atoms with Crippen LogP contribution in [0.4, 0.5) is 4.79 Å². The van der Waals surface area contributed by atoms with Gasteiger partial charge in [0.15, 0.2) is 6.10 Å². The molecule has 0 aromatic carbocycles. The third-order valence-corrected chi connectivity index (χ3v) is 2.24. The highest BCUT2D eigenvalue weighted by molar-refractivity contribution is 5.76. The van der Waals surface area contributed by atoms with Crippen molar-refractivity contribution in [1.29, 1.82) is 0 Å². The number of ether oxygens (including phenoxy) is 2. The van der Waals surface area contributed by atoms with Crippen LogP contribution in [0.1, 0.15) is 13.8 Å². The third kappa shape index (κ3) is 6.75. The minimum Gasteiger partial charge on any atom is -0.479 e. The summed E-state index contributed by atoms with van der Waals surface area (Å²) >= 11 is 0. The second-order valence-corrected chi connectivity index (χ2v) is 4.09. The molecule has 0 saturated carbocycles. The summed E-state index contributed by atoms with van der Waals surface area (Å²) in [5, 5.41) is 13.6. The highest BCUT2D eigenvalue weighted by atomic mass is 16.5. The average molecular weight is 248 g/mol. The molecule has 2 amide bonds. The van der Waals surface area contributed by atoms with Crippen LogP contribution in [-0.4, -0.2) is 56.1 Å². The number of hydrogen-bond acceptors (Lipinski definition) is 4. The first-order chi connectivity index (χ1) is 7.82. The van der Waals surface area contributed by atoms with E-state index in [2.05, 4.69) is 15.4 Å². The zero-order chi connectivity index (χ0) is 13.5. The molecule has 0 saturated heterocycles. The SMILES string of the molecule is COC(CNC(=O)NCC(C)(C)OC)C(=O)O. The predicted octanol–water partition coefficient (Wildman–Crippen LogP) is -0.190. The van der Waals surface area contributed by atoms with E-state index in [0.29, 0.717) is 6.54 Å². The molecule has 0 bridgehead atoms. The van der Waals surface area contributed by atoms with E-state index in [-0.39, 0.29) is 6.54 Å². The normalized spacial score (nSPS) is 12.9. The number of carbonyl (C=O) groups excluding carboxylic acids is 1. The van der Waals surface area contributed by atoms with Crippen LogP contribution in [0.15, 0.2) is 0 Å². The van der Waals surface area contributed by atoms with Gasteiger partial charge in [0.25, 0.3) is 0 Å². The lowest BCUT2D eigenvalue weighted by Gasteiger charge is -2.23. The quantitative estimate of drug-likeness (QED) is 0.580. The lowest BCUT2D eigenvalue weighted by molar-refractivity contribution is -0.147. The van der Waals surface area contributed by atoms with Crippen LogP contribution in [0.5, 0.6) is 0 Å². The van der Waals surface area contributed by atoms with Crippen LogP contribution in [0.25, 0.3) is 0 Å². The van der Waals surface area contributed by atoms with E-state index in [9.17, 15) is 9.59 Å². The zero-order valence-corrected chi connectivity index (χ0v) is 10.6. The molecule has 0 aliphatic heterocycles. The van der Waals surface area contributed by atoms with Gasteiger partial charge in [0.2, 0.25) is 0 Å². The number of rotatable bonds is 7. The number of amides is 2. The Labute approximate surface area is 100 Å². The molecule has 100 valence electrons. The number of methoxy groups -OCH3 is 2. The van der Waals surface area contributed by atoms with Crippen LogP contribution in [0.2, 0.25) is 0 Å². The minimum atomic E-state index is -1.12. The van der Waals surface area contributed by atoms with Crippen LogP contribution in [0.3, 0.4) is 0 Å². The van der Waals surface area contributed by atoms with Crippen molar-refractivity contribution in [2.24, 2.45) is 0 Å². The summed E-state index contributed by atoms with van der Waals surface area (Å²) in [4.78, 5) is 21.9. The van der Waals surface area contributed by atoms with Gasteiger partial charge in [-0.05, 0) is 13.8 Å². The molecule has 1 atom stereocenters. The fraction of sp³-hybridized carbons (Fsp3) is 0.800. The highest BCUT2D eigenvalue weighted by Gasteiger charge is 2.19. The van der Waals surface area contributed by atoms with Gasteiger partial charge < -0.3 is 25.2 Å². The first-order valence-electron chi connectivity index (χ1n) is 5.15. The van der Waals surface area contributed by atoms with Crippen LogP contribution in [-0.2, 0) is 14.3 Å². The number of carboxylic acid groups (broad SMARTS) is 1. The van der Waals surface area contributed by atoms with Gasteiger partial charge >= 0.3 is 12.0 Å². The molecule has 17 heavy (non-hydrogen) atoms. The Hall–Kier alpha value is -1.34. The van der Waals surface area contributed by atoms with E-state index in [0.717, 1.165) is 0 Å². The Morgan fingerprint density at radius 3 is 2.29 bits per heavy atom. The molecule has 0 spiro atoms. The Bertz CT molecular complexity index is 267. The molecule has 7 nitrogen and oxygen atoms in total. The Balaban J connectivity index is 3.91. The monoisotopic (exact) mass is 248 g/mol. The van der Waals surface area contributed by atoms with Crippen LogP contribution >= 0.6 is 0 Å². The second kappa shape index (κ2) is 7.08. The number of nitrogens with one attached hydrogen (secondary N) is 2. The summed E-state index contributed by atoms with van der Waals surface area (Å²) in [6.45, 7) is 3.87. The summed E-state index contributed by atoms with van der Waals surface area (Å²) < 4.78 is 9.77. The van der Waals surface area contributed by atoms with Crippen molar-refractivity contribution in [3.63, 3.8) is 0 Å². The van der Waals surface area contributed by atoms with Crippen molar-refractivity contribution >= 4 is 12.0 Å². The van der Waals surface area contributed by atoms with E-state index in [1.165, 1.54) is 7.11 Å². The summed E-state index contributed by atoms with van der Waals surface area (Å²) in [6.07, 6.45) is -1.05. The lowest BCUT2D eigenvalue weighted by atomic mass is 10.1. The largest absolute Gasteiger partial charge is 0.479 e. The molecule has 0 radical (unpaired) electrons. The number of aliphatic carboxylic acids is 1. The number of hydrogen-bond donors (Lipinski definition) is 3. The maximum absolute atomic E-state index is 11.3. The third-order valence-electron chi connectivity index (χ3n) is 2.24. The van der Waals surface area contributed by atoms with Crippen molar-refractivity contribution in [3.05, 3.63) is 0 Å². The van der Waals surface area contributed by atoms with E-state index in [1.54, 1.807) is 7.11 Å². The number of carboxylic acids is 1. The van der Waals surface area contributed by atoms with Crippen molar-refractivity contribution in [2.75, 3.05) is 27.3 Å². The van der Waals surface area contributed by atoms with Crippen molar-refractivity contribution < 1.29 is 24.2 Å². The van der Waals surface area contributed by atoms with E-state index in [1.807, 2.05) is 13.8 Å².